The van der Waals surface area contributed by atoms with Gasteiger partial charge in [0.15, 0.2) is 0 Å². The Balaban J connectivity index is 2.48. The molecule has 0 aliphatic rings. The van der Waals surface area contributed by atoms with Crippen LogP contribution in [0.4, 0.5) is 0 Å². The highest BCUT2D eigenvalue weighted by atomic mass is 31.2. The van der Waals surface area contributed by atoms with Gasteiger partial charge in [-0.1, -0.05) is 31.5 Å². The van der Waals surface area contributed by atoms with Crippen LogP contribution in [0.3, 0.4) is 0 Å². The van der Waals surface area contributed by atoms with E-state index in [1.807, 2.05) is 13.0 Å². The predicted molar refractivity (Wildman–Crippen MR) is 79.1 cm³/mol. The van der Waals surface area contributed by atoms with Crippen molar-refractivity contribution in [1.82, 2.24) is 5.09 Å². The summed E-state index contributed by atoms with van der Waals surface area (Å²) < 4.78 is 22.7. The van der Waals surface area contributed by atoms with Crippen molar-refractivity contribution in [3.05, 3.63) is 30.3 Å². The van der Waals surface area contributed by atoms with Crippen molar-refractivity contribution in [1.29, 1.82) is 0 Å². The smallest absolute Gasteiger partial charge is 0.323 e. The van der Waals surface area contributed by atoms with Crippen LogP contribution in [-0.4, -0.2) is 25.3 Å². The van der Waals surface area contributed by atoms with E-state index in [1.165, 1.54) is 6.66 Å². The second kappa shape index (κ2) is 8.08. The summed E-state index contributed by atoms with van der Waals surface area (Å²) >= 11 is 0. The van der Waals surface area contributed by atoms with Crippen LogP contribution in [-0.2, 0) is 14.1 Å². The molecule has 0 spiro atoms. The molecule has 2 unspecified atom stereocenters. The van der Waals surface area contributed by atoms with E-state index in [9.17, 15) is 9.36 Å². The Bertz CT molecular complexity index is 464. The zero-order chi connectivity index (χ0) is 15.0. The van der Waals surface area contributed by atoms with E-state index in [4.69, 9.17) is 9.26 Å². The molecule has 0 radical (unpaired) electrons. The Hall–Kier alpha value is -1.32. The maximum atomic E-state index is 12.3. The van der Waals surface area contributed by atoms with Crippen LogP contribution in [0.1, 0.15) is 26.7 Å². The van der Waals surface area contributed by atoms with Gasteiger partial charge < -0.3 is 9.26 Å². The minimum Gasteiger partial charge on any atom is -0.465 e. The Kier molecular flexibility index (Phi) is 6.76. The largest absolute Gasteiger partial charge is 0.465 e. The highest BCUT2D eigenvalue weighted by Gasteiger charge is 2.25. The first-order valence-corrected chi connectivity index (χ1v) is 8.78. The van der Waals surface area contributed by atoms with E-state index in [-0.39, 0.29) is 0 Å². The van der Waals surface area contributed by atoms with Gasteiger partial charge in [-0.2, -0.15) is 0 Å². The number of para-hydroxylation sites is 1. The van der Waals surface area contributed by atoms with Gasteiger partial charge in [-0.05, 0) is 25.5 Å². The van der Waals surface area contributed by atoms with Gasteiger partial charge in [0, 0.05) is 6.66 Å². The molecule has 0 heterocycles. The van der Waals surface area contributed by atoms with Crippen LogP contribution in [0, 0.1) is 0 Å². The quantitative estimate of drug-likeness (QED) is 0.453. The molecule has 0 aromatic heterocycles. The van der Waals surface area contributed by atoms with E-state index in [2.05, 4.69) is 5.09 Å². The number of ether oxygens (including phenoxy) is 1. The number of unbranched alkanes of at least 4 members (excludes halogenated alkanes) is 1. The molecule has 5 nitrogen and oxygen atoms in total. The van der Waals surface area contributed by atoms with Crippen LogP contribution in [0.2, 0.25) is 0 Å². The number of nitrogens with one attached hydrogen (secondary N) is 1. The second-order valence-corrected chi connectivity index (χ2v) is 6.75. The highest BCUT2D eigenvalue weighted by Crippen LogP contribution is 2.39. The monoisotopic (exact) mass is 299 g/mol. The average Bonchev–Trinajstić information content (AvgIpc) is 2.38. The molecular formula is C14H22NO4P. The Morgan fingerprint density at radius 2 is 2.00 bits per heavy atom. The third-order valence-corrected chi connectivity index (χ3v) is 3.96. The Labute approximate surface area is 120 Å². The summed E-state index contributed by atoms with van der Waals surface area (Å²) in [5.41, 5.74) is 0. The minimum atomic E-state index is -3.11. The number of hydrogen-bond donors (Lipinski definition) is 1. The van der Waals surface area contributed by atoms with Gasteiger partial charge >= 0.3 is 13.5 Å². The molecule has 20 heavy (non-hydrogen) atoms. The van der Waals surface area contributed by atoms with E-state index < -0.39 is 19.5 Å². The van der Waals surface area contributed by atoms with Crippen molar-refractivity contribution < 1.29 is 18.6 Å². The summed E-state index contributed by atoms with van der Waals surface area (Å²) in [6, 6.07) is 8.17. The number of carbonyl (C=O) groups excluding carboxylic acids is 1. The van der Waals surface area contributed by atoms with Crippen molar-refractivity contribution in [3.8, 4) is 5.75 Å². The fourth-order valence-corrected chi connectivity index (χ4v) is 2.94. The molecule has 1 aromatic rings. The highest BCUT2D eigenvalue weighted by molar-refractivity contribution is 7.56. The zero-order valence-corrected chi connectivity index (χ0v) is 13.1. The van der Waals surface area contributed by atoms with Crippen molar-refractivity contribution in [2.45, 2.75) is 32.7 Å². The maximum Gasteiger partial charge on any atom is 0.323 e. The summed E-state index contributed by atoms with van der Waals surface area (Å²) in [6.45, 7) is 5.45. The number of carbonyl (C=O) groups is 1. The van der Waals surface area contributed by atoms with Crippen LogP contribution in [0.5, 0.6) is 5.75 Å². The minimum absolute atomic E-state index is 0.384. The predicted octanol–water partition coefficient (Wildman–Crippen LogP) is 3.21. The van der Waals surface area contributed by atoms with Gasteiger partial charge in [0.1, 0.15) is 11.8 Å². The lowest BCUT2D eigenvalue weighted by molar-refractivity contribution is -0.145. The van der Waals surface area contributed by atoms with Crippen molar-refractivity contribution in [3.63, 3.8) is 0 Å². The molecule has 0 saturated heterocycles. The Morgan fingerprint density at radius 3 is 2.60 bits per heavy atom. The van der Waals surface area contributed by atoms with E-state index in [0.29, 0.717) is 12.4 Å². The third kappa shape index (κ3) is 6.22. The van der Waals surface area contributed by atoms with E-state index in [0.717, 1.165) is 12.8 Å². The third-order valence-electron chi connectivity index (χ3n) is 2.55. The van der Waals surface area contributed by atoms with Crippen molar-refractivity contribution >= 4 is 13.5 Å². The first kappa shape index (κ1) is 16.7. The summed E-state index contributed by atoms with van der Waals surface area (Å²) in [6.07, 6.45) is 1.78. The van der Waals surface area contributed by atoms with Gasteiger partial charge in [0.2, 0.25) is 0 Å². The van der Waals surface area contributed by atoms with Crippen molar-refractivity contribution in [2.24, 2.45) is 0 Å². The van der Waals surface area contributed by atoms with Gasteiger partial charge in [-0.3, -0.25) is 9.36 Å². The molecule has 0 saturated carbocycles. The molecule has 0 amide bonds. The zero-order valence-electron chi connectivity index (χ0n) is 12.2. The topological polar surface area (TPSA) is 64.6 Å². The SMILES string of the molecule is CCCCOC(=O)C(C)NP(C)(=O)Oc1ccccc1. The molecule has 0 bridgehead atoms. The average molecular weight is 299 g/mol. The van der Waals surface area contributed by atoms with Crippen LogP contribution >= 0.6 is 7.52 Å². The van der Waals surface area contributed by atoms with Crippen molar-refractivity contribution in [2.75, 3.05) is 13.3 Å². The van der Waals surface area contributed by atoms with E-state index >= 15 is 0 Å². The standard InChI is InChI=1S/C14H22NO4P/c1-4-5-11-18-14(16)12(2)15-20(3,17)19-13-9-7-6-8-10-13/h6-10,12H,4-5,11H2,1-3H3,(H,15,17). The van der Waals surface area contributed by atoms with Gasteiger partial charge in [-0.25, -0.2) is 5.09 Å². The molecule has 0 aliphatic heterocycles. The number of esters is 1. The number of rotatable bonds is 8. The molecular weight excluding hydrogens is 277 g/mol. The number of hydrogen-bond acceptors (Lipinski definition) is 4. The molecule has 2 atom stereocenters. The summed E-state index contributed by atoms with van der Waals surface area (Å²) in [5.74, 6) is 0.0783. The lowest BCUT2D eigenvalue weighted by atomic mass is 10.3. The molecule has 1 N–H and O–H groups in total. The van der Waals surface area contributed by atoms with Crippen LogP contribution < -0.4 is 9.61 Å². The summed E-state index contributed by atoms with van der Waals surface area (Å²) in [7, 11) is -3.11. The number of benzene rings is 1. The van der Waals surface area contributed by atoms with Gasteiger partial charge in [0.25, 0.3) is 0 Å². The fourth-order valence-electron chi connectivity index (χ4n) is 1.56. The molecule has 0 fully saturated rings. The lowest BCUT2D eigenvalue weighted by Crippen LogP contribution is -2.34. The van der Waals surface area contributed by atoms with Gasteiger partial charge in [-0.15, -0.1) is 0 Å². The molecule has 1 rings (SSSR count). The summed E-state index contributed by atoms with van der Waals surface area (Å²) in [5, 5.41) is 2.69. The molecule has 6 heteroatoms. The maximum absolute atomic E-state index is 12.3. The first-order chi connectivity index (χ1) is 9.44. The summed E-state index contributed by atoms with van der Waals surface area (Å²) in [4.78, 5) is 11.7. The van der Waals surface area contributed by atoms with Crippen LogP contribution in [0.25, 0.3) is 0 Å². The second-order valence-electron chi connectivity index (χ2n) is 4.62. The van der Waals surface area contributed by atoms with Gasteiger partial charge in [0.05, 0.1) is 6.61 Å². The molecule has 0 aliphatic carbocycles. The molecule has 1 aromatic carbocycles. The van der Waals surface area contributed by atoms with Crippen LogP contribution in [0.15, 0.2) is 30.3 Å². The van der Waals surface area contributed by atoms with E-state index in [1.54, 1.807) is 31.2 Å². The lowest BCUT2D eigenvalue weighted by Gasteiger charge is -2.20. The molecule has 112 valence electrons. The first-order valence-electron chi connectivity index (χ1n) is 6.71. The fraction of sp³-hybridized carbons (Fsp3) is 0.500. The normalized spacial score (nSPS) is 15.2. The Morgan fingerprint density at radius 1 is 1.35 bits per heavy atom.